The minimum atomic E-state index is -0.0899. The van der Waals surface area contributed by atoms with Gasteiger partial charge in [-0.3, -0.25) is 4.79 Å². The van der Waals surface area contributed by atoms with Gasteiger partial charge in [0, 0.05) is 12.8 Å². The maximum absolute atomic E-state index is 11.5. The number of nitrogens with zero attached hydrogens (tertiary/aromatic N) is 2. The number of nitrogens with two attached hydrogens (primary N) is 1. The molecule has 0 spiro atoms. The molecule has 6 nitrogen and oxygen atoms in total. The van der Waals surface area contributed by atoms with Crippen molar-refractivity contribution in [1.82, 2.24) is 9.97 Å². The monoisotopic (exact) mass is 382 g/mol. The molecule has 1 amide bonds. The third kappa shape index (κ3) is 6.97. The van der Waals surface area contributed by atoms with Crippen LogP contribution in [0.1, 0.15) is 6.42 Å². The van der Waals surface area contributed by atoms with E-state index in [1.54, 1.807) is 17.8 Å². The van der Waals surface area contributed by atoms with Crippen LogP contribution >= 0.6 is 34.4 Å². The molecule has 100 valence electrons. The molecule has 0 aliphatic rings. The number of nitrogen functional groups attached to an aromatic ring is 1. The molecule has 0 aromatic carbocycles. The van der Waals surface area contributed by atoms with Crippen LogP contribution < -0.4 is 11.1 Å². The van der Waals surface area contributed by atoms with Crippen LogP contribution in [0.5, 0.6) is 0 Å². The van der Waals surface area contributed by atoms with E-state index >= 15 is 0 Å². The van der Waals surface area contributed by atoms with Crippen molar-refractivity contribution in [3.8, 4) is 0 Å². The van der Waals surface area contributed by atoms with Crippen molar-refractivity contribution >= 4 is 52.0 Å². The normalized spacial score (nSPS) is 10.3. The Bertz CT molecular complexity index is 381. The van der Waals surface area contributed by atoms with Crippen LogP contribution in [0.25, 0.3) is 0 Å². The number of carbonyl (C=O) groups is 1. The third-order valence-electron chi connectivity index (χ3n) is 1.83. The minimum absolute atomic E-state index is 0.0899. The van der Waals surface area contributed by atoms with E-state index in [0.717, 1.165) is 18.8 Å². The van der Waals surface area contributed by atoms with Crippen molar-refractivity contribution in [2.45, 2.75) is 6.42 Å². The Kier molecular flexibility index (Phi) is 8.01. The van der Waals surface area contributed by atoms with Gasteiger partial charge in [0.05, 0.1) is 10.4 Å². The summed E-state index contributed by atoms with van der Waals surface area (Å²) in [5.74, 6) is 1.79. The van der Waals surface area contributed by atoms with Gasteiger partial charge in [-0.2, -0.15) is 16.7 Å². The summed E-state index contributed by atoms with van der Waals surface area (Å²) in [5, 5.41) is 2.66. The Hall–Kier alpha value is -0.610. The second kappa shape index (κ2) is 9.34. The summed E-state index contributed by atoms with van der Waals surface area (Å²) in [6.45, 7) is 0.736. The van der Waals surface area contributed by atoms with Crippen molar-refractivity contribution in [2.75, 3.05) is 33.8 Å². The van der Waals surface area contributed by atoms with Crippen LogP contribution in [-0.2, 0) is 9.53 Å². The van der Waals surface area contributed by atoms with E-state index in [-0.39, 0.29) is 11.9 Å². The predicted molar refractivity (Wildman–Crippen MR) is 81.9 cm³/mol. The lowest BCUT2D eigenvalue weighted by Gasteiger charge is -2.04. The lowest BCUT2D eigenvalue weighted by atomic mass is 10.5. The Morgan fingerprint density at radius 3 is 3.17 bits per heavy atom. The summed E-state index contributed by atoms with van der Waals surface area (Å²) in [5.41, 5.74) is 5.41. The summed E-state index contributed by atoms with van der Waals surface area (Å²) < 4.78 is 5.90. The van der Waals surface area contributed by atoms with Gasteiger partial charge < -0.3 is 15.8 Å². The molecule has 8 heteroatoms. The number of thioether (sulfide) groups is 1. The fourth-order valence-corrected chi connectivity index (χ4v) is 2.14. The van der Waals surface area contributed by atoms with Crippen LogP contribution in [0.4, 0.5) is 11.8 Å². The number of alkyl halides is 1. The number of amides is 1. The molecule has 0 saturated carbocycles. The smallest absolute Gasteiger partial charge is 0.235 e. The molecule has 0 saturated heterocycles. The zero-order valence-electron chi connectivity index (χ0n) is 9.76. The molecule has 0 aliphatic heterocycles. The average molecular weight is 382 g/mol. The molecule has 1 aromatic heterocycles. The Labute approximate surface area is 124 Å². The molecule has 0 radical (unpaired) electrons. The van der Waals surface area contributed by atoms with E-state index in [9.17, 15) is 4.79 Å². The summed E-state index contributed by atoms with van der Waals surface area (Å²) in [6, 6.07) is 1.60. The van der Waals surface area contributed by atoms with Gasteiger partial charge in [0.25, 0.3) is 0 Å². The van der Waals surface area contributed by atoms with E-state index in [1.165, 1.54) is 6.20 Å². The molecular weight excluding hydrogens is 367 g/mol. The van der Waals surface area contributed by atoms with Crippen LogP contribution in [-0.4, -0.2) is 38.6 Å². The lowest BCUT2D eigenvalue weighted by Crippen LogP contribution is -2.16. The molecule has 1 rings (SSSR count). The number of rotatable bonds is 8. The summed E-state index contributed by atoms with van der Waals surface area (Å²) in [4.78, 5) is 19.2. The summed E-state index contributed by atoms with van der Waals surface area (Å²) in [7, 11) is 0. The van der Waals surface area contributed by atoms with Gasteiger partial charge in [-0.25, -0.2) is 4.98 Å². The number of carbonyl (C=O) groups excluding carboxylic acids is 1. The van der Waals surface area contributed by atoms with Crippen molar-refractivity contribution in [2.24, 2.45) is 0 Å². The number of ether oxygens (including phenoxy) is 1. The second-order valence-corrected chi connectivity index (χ2v) is 5.00. The maximum atomic E-state index is 11.5. The highest BCUT2D eigenvalue weighted by Gasteiger charge is 2.03. The van der Waals surface area contributed by atoms with E-state index in [1.807, 2.05) is 0 Å². The average Bonchev–Trinajstić information content (AvgIpc) is 2.33. The topological polar surface area (TPSA) is 90.1 Å². The standard InChI is InChI=1S/C10H15IN4O2S/c11-7-17-4-1-5-18-6-9(16)14-8-2-3-13-10(12)15-8/h2-3H,1,4-7H2,(H3,12,13,14,15,16). The Morgan fingerprint density at radius 1 is 1.61 bits per heavy atom. The number of halogens is 1. The van der Waals surface area contributed by atoms with Gasteiger partial charge in [-0.15, -0.1) is 0 Å². The highest BCUT2D eigenvalue weighted by atomic mass is 127. The maximum Gasteiger partial charge on any atom is 0.235 e. The fourth-order valence-electron chi connectivity index (χ4n) is 1.10. The lowest BCUT2D eigenvalue weighted by molar-refractivity contribution is -0.113. The number of aromatic nitrogens is 2. The number of nitrogens with one attached hydrogen (secondary N) is 1. The van der Waals surface area contributed by atoms with Gasteiger partial charge in [0.15, 0.2) is 0 Å². The van der Waals surface area contributed by atoms with Gasteiger partial charge in [-0.05, 0) is 18.2 Å². The first-order valence-corrected chi connectivity index (χ1v) is 8.00. The molecule has 3 N–H and O–H groups in total. The molecule has 0 bridgehead atoms. The molecular formula is C10H15IN4O2S. The largest absolute Gasteiger partial charge is 0.371 e. The van der Waals surface area contributed by atoms with Crippen LogP contribution in [0, 0.1) is 0 Å². The molecule has 1 aromatic rings. The number of hydrogen-bond donors (Lipinski definition) is 2. The first-order chi connectivity index (χ1) is 8.72. The molecule has 0 unspecified atom stereocenters. The SMILES string of the molecule is Nc1nccc(NC(=O)CSCCCOCI)n1. The molecule has 1 heterocycles. The number of anilines is 2. The Morgan fingerprint density at radius 2 is 2.44 bits per heavy atom. The van der Waals surface area contributed by atoms with E-state index < -0.39 is 0 Å². The Balaban J connectivity index is 2.14. The summed E-state index contributed by atoms with van der Waals surface area (Å²) >= 11 is 3.72. The van der Waals surface area contributed by atoms with Crippen molar-refractivity contribution in [3.63, 3.8) is 0 Å². The molecule has 0 aliphatic carbocycles. The van der Waals surface area contributed by atoms with Crippen LogP contribution in [0.15, 0.2) is 12.3 Å². The number of hydrogen-bond acceptors (Lipinski definition) is 6. The predicted octanol–water partition coefficient (Wildman–Crippen LogP) is 1.53. The first kappa shape index (κ1) is 15.4. The fraction of sp³-hybridized carbons (Fsp3) is 0.500. The van der Waals surface area contributed by atoms with Gasteiger partial charge in [0.1, 0.15) is 5.82 Å². The van der Waals surface area contributed by atoms with E-state index in [4.69, 9.17) is 10.5 Å². The molecule has 18 heavy (non-hydrogen) atoms. The summed E-state index contributed by atoms with van der Waals surface area (Å²) in [6.07, 6.45) is 2.45. The molecule has 0 atom stereocenters. The quantitative estimate of drug-likeness (QED) is 0.403. The minimum Gasteiger partial charge on any atom is -0.371 e. The van der Waals surface area contributed by atoms with Crippen molar-refractivity contribution < 1.29 is 9.53 Å². The first-order valence-electron chi connectivity index (χ1n) is 5.32. The zero-order valence-corrected chi connectivity index (χ0v) is 12.7. The third-order valence-corrected chi connectivity index (χ3v) is 3.31. The van der Waals surface area contributed by atoms with Crippen molar-refractivity contribution in [1.29, 1.82) is 0 Å². The second-order valence-electron chi connectivity index (χ2n) is 3.27. The highest BCUT2D eigenvalue weighted by Crippen LogP contribution is 2.06. The highest BCUT2D eigenvalue weighted by molar-refractivity contribution is 14.1. The zero-order chi connectivity index (χ0) is 13.2. The molecule has 0 fully saturated rings. The van der Waals surface area contributed by atoms with Crippen LogP contribution in [0.3, 0.4) is 0 Å². The van der Waals surface area contributed by atoms with Crippen LogP contribution in [0.2, 0.25) is 0 Å². The van der Waals surface area contributed by atoms with Gasteiger partial charge >= 0.3 is 0 Å². The van der Waals surface area contributed by atoms with E-state index in [2.05, 4.69) is 37.9 Å². The van der Waals surface area contributed by atoms with Gasteiger partial charge in [0.2, 0.25) is 11.9 Å². The van der Waals surface area contributed by atoms with E-state index in [0.29, 0.717) is 16.2 Å². The van der Waals surface area contributed by atoms with Gasteiger partial charge in [-0.1, -0.05) is 22.6 Å². The van der Waals surface area contributed by atoms with Crippen molar-refractivity contribution in [3.05, 3.63) is 12.3 Å².